The van der Waals surface area contributed by atoms with Crippen LogP contribution in [0, 0.1) is 11.7 Å². The summed E-state index contributed by atoms with van der Waals surface area (Å²) in [5, 5.41) is 0.650. The minimum Gasteiger partial charge on any atom is -0.467 e. The van der Waals surface area contributed by atoms with Crippen molar-refractivity contribution in [3.63, 3.8) is 0 Å². The fourth-order valence-corrected chi connectivity index (χ4v) is 5.49. The molecule has 1 amide bonds. The van der Waals surface area contributed by atoms with Crippen molar-refractivity contribution in [3.05, 3.63) is 59.9 Å². The summed E-state index contributed by atoms with van der Waals surface area (Å²) in [6.07, 6.45) is 3.64. The van der Waals surface area contributed by atoms with E-state index in [1.165, 1.54) is 30.7 Å². The van der Waals surface area contributed by atoms with Gasteiger partial charge in [-0.1, -0.05) is 24.8 Å². The molecule has 2 aromatic carbocycles. The Morgan fingerprint density at radius 2 is 2.00 bits per heavy atom. The van der Waals surface area contributed by atoms with Gasteiger partial charge in [-0.2, -0.15) is 9.97 Å². The zero-order valence-corrected chi connectivity index (χ0v) is 18.6. The van der Waals surface area contributed by atoms with Crippen molar-refractivity contribution >= 4 is 22.6 Å². The molecule has 1 aliphatic heterocycles. The van der Waals surface area contributed by atoms with E-state index in [9.17, 15) is 4.79 Å². The number of nitrogens with zero attached hydrogens (tertiary/aromatic N) is 4. The topological polar surface area (TPSA) is 58.6 Å². The van der Waals surface area contributed by atoms with Crippen molar-refractivity contribution in [1.82, 2.24) is 14.9 Å². The lowest BCUT2D eigenvalue weighted by molar-refractivity contribution is -0.126. The van der Waals surface area contributed by atoms with Gasteiger partial charge in [0.05, 0.1) is 12.6 Å². The van der Waals surface area contributed by atoms with Gasteiger partial charge < -0.3 is 14.5 Å². The first-order chi connectivity index (χ1) is 16.1. The number of hydrogen-bond donors (Lipinski definition) is 0. The van der Waals surface area contributed by atoms with E-state index in [4.69, 9.17) is 4.74 Å². The molecule has 2 aliphatic carbocycles. The monoisotopic (exact) mass is 444 g/mol. The van der Waals surface area contributed by atoms with Crippen LogP contribution in [-0.2, 0) is 11.2 Å². The molecule has 3 aromatic rings. The molecule has 7 heteroatoms. The van der Waals surface area contributed by atoms with E-state index >= 15 is 4.39 Å². The molecule has 1 aromatic heterocycles. The van der Waals surface area contributed by atoms with E-state index in [0.717, 1.165) is 17.9 Å². The Hall–Kier alpha value is -3.48. The van der Waals surface area contributed by atoms with E-state index in [1.54, 1.807) is 11.0 Å². The number of benzene rings is 2. The summed E-state index contributed by atoms with van der Waals surface area (Å²) in [7, 11) is 1.54. The lowest BCUT2D eigenvalue weighted by Gasteiger charge is -2.35. The lowest BCUT2D eigenvalue weighted by atomic mass is 9.93. The Labute approximate surface area is 191 Å². The third kappa shape index (κ3) is 3.25. The molecule has 6 rings (SSSR count). The fourth-order valence-electron chi connectivity index (χ4n) is 5.49. The van der Waals surface area contributed by atoms with Crippen LogP contribution in [0.3, 0.4) is 0 Å². The third-order valence-electron chi connectivity index (χ3n) is 7.25. The number of aromatic nitrogens is 2. The predicted octanol–water partition coefficient (Wildman–Crippen LogP) is 3.94. The van der Waals surface area contributed by atoms with Gasteiger partial charge in [-0.25, -0.2) is 4.39 Å². The molecule has 0 radical (unpaired) electrons. The standard InChI is InChI=1S/C26H25FN4O2/c1-3-23(32)30-7-9-31(10-8-30)25-20-13-21(27)19(14-22(20)28-26(29-25)33-2)17-6-4-5-15-11-16-12-18(16)24(15)17/h3-6,13-14,16,18H,1,7-12H2,2H3. The summed E-state index contributed by atoms with van der Waals surface area (Å²) in [6.45, 7) is 5.85. The second kappa shape index (κ2) is 7.54. The van der Waals surface area contributed by atoms with Crippen molar-refractivity contribution in [2.24, 2.45) is 5.92 Å². The summed E-state index contributed by atoms with van der Waals surface area (Å²) >= 11 is 0. The first-order valence-corrected chi connectivity index (χ1v) is 11.4. The molecule has 2 atom stereocenters. The molecular formula is C26H25FN4O2. The lowest BCUT2D eigenvalue weighted by Crippen LogP contribution is -2.48. The molecule has 168 valence electrons. The number of halogens is 1. The third-order valence-corrected chi connectivity index (χ3v) is 7.25. The molecule has 6 nitrogen and oxygen atoms in total. The second-order valence-electron chi connectivity index (χ2n) is 9.08. The zero-order chi connectivity index (χ0) is 22.7. The van der Waals surface area contributed by atoms with E-state index in [-0.39, 0.29) is 17.7 Å². The van der Waals surface area contributed by atoms with E-state index < -0.39 is 0 Å². The van der Waals surface area contributed by atoms with E-state index in [1.807, 2.05) is 18.2 Å². The van der Waals surface area contributed by atoms with Gasteiger partial charge in [0.1, 0.15) is 11.6 Å². The second-order valence-corrected chi connectivity index (χ2v) is 9.08. The Morgan fingerprint density at radius 3 is 2.76 bits per heavy atom. The van der Waals surface area contributed by atoms with Crippen LogP contribution in [-0.4, -0.2) is 54.1 Å². The number of rotatable bonds is 4. The van der Waals surface area contributed by atoms with Crippen LogP contribution in [0.15, 0.2) is 43.0 Å². The highest BCUT2D eigenvalue weighted by molar-refractivity contribution is 5.94. The summed E-state index contributed by atoms with van der Waals surface area (Å²) in [6, 6.07) is 9.86. The molecule has 1 saturated carbocycles. The summed E-state index contributed by atoms with van der Waals surface area (Å²) in [4.78, 5) is 24.9. The van der Waals surface area contributed by atoms with Gasteiger partial charge in [0, 0.05) is 37.1 Å². The maximum Gasteiger partial charge on any atom is 0.318 e. The SMILES string of the molecule is C=CC(=O)N1CCN(c2nc(OC)nc3cc(-c4cccc5c4C4CC4C5)c(F)cc23)CC1. The number of carbonyl (C=O) groups is 1. The molecule has 2 unspecified atom stereocenters. The van der Waals surface area contributed by atoms with E-state index in [2.05, 4.69) is 27.5 Å². The van der Waals surface area contributed by atoms with Crippen LogP contribution < -0.4 is 9.64 Å². The van der Waals surface area contributed by atoms with Gasteiger partial charge >= 0.3 is 6.01 Å². The Morgan fingerprint density at radius 1 is 1.18 bits per heavy atom. The molecule has 0 bridgehead atoms. The highest BCUT2D eigenvalue weighted by Crippen LogP contribution is 2.58. The molecule has 1 saturated heterocycles. The number of methoxy groups -OCH3 is 1. The largest absolute Gasteiger partial charge is 0.467 e. The first kappa shape index (κ1) is 20.1. The molecule has 33 heavy (non-hydrogen) atoms. The number of carbonyl (C=O) groups excluding carboxylic acids is 1. The van der Waals surface area contributed by atoms with Gasteiger partial charge in [-0.15, -0.1) is 0 Å². The summed E-state index contributed by atoms with van der Waals surface area (Å²) in [5.41, 5.74) is 4.87. The van der Waals surface area contributed by atoms with Gasteiger partial charge in [0.15, 0.2) is 0 Å². The van der Waals surface area contributed by atoms with Crippen molar-refractivity contribution < 1.29 is 13.9 Å². The zero-order valence-electron chi connectivity index (χ0n) is 18.6. The van der Waals surface area contributed by atoms with Crippen LogP contribution >= 0.6 is 0 Å². The maximum absolute atomic E-state index is 15.6. The van der Waals surface area contributed by atoms with Crippen molar-refractivity contribution in [2.75, 3.05) is 38.2 Å². The van der Waals surface area contributed by atoms with Crippen molar-refractivity contribution in [1.29, 1.82) is 0 Å². The first-order valence-electron chi connectivity index (χ1n) is 11.4. The average Bonchev–Trinajstić information content (AvgIpc) is 3.52. The van der Waals surface area contributed by atoms with Crippen LogP contribution in [0.25, 0.3) is 22.0 Å². The number of fused-ring (bicyclic) bond motifs is 4. The average molecular weight is 445 g/mol. The minimum absolute atomic E-state index is 0.0799. The number of ether oxygens (including phenoxy) is 1. The number of anilines is 1. The maximum atomic E-state index is 15.6. The van der Waals surface area contributed by atoms with Crippen LogP contribution in [0.4, 0.5) is 10.2 Å². The van der Waals surface area contributed by atoms with E-state index in [0.29, 0.717) is 54.4 Å². The van der Waals surface area contributed by atoms with Gasteiger partial charge in [-0.3, -0.25) is 4.79 Å². The van der Waals surface area contributed by atoms with Crippen LogP contribution in [0.1, 0.15) is 23.5 Å². The Balaban J connectivity index is 1.42. The minimum atomic E-state index is -0.268. The molecule has 2 fully saturated rings. The Kier molecular flexibility index (Phi) is 4.60. The van der Waals surface area contributed by atoms with Gasteiger partial charge in [0.2, 0.25) is 5.91 Å². The quantitative estimate of drug-likeness (QED) is 0.571. The van der Waals surface area contributed by atoms with Crippen LogP contribution in [0.5, 0.6) is 6.01 Å². The molecule has 0 spiro atoms. The number of piperazine rings is 1. The van der Waals surface area contributed by atoms with Crippen molar-refractivity contribution in [2.45, 2.75) is 18.8 Å². The number of hydrogen-bond acceptors (Lipinski definition) is 5. The predicted molar refractivity (Wildman–Crippen MR) is 125 cm³/mol. The molecule has 0 N–H and O–H groups in total. The normalized spacial score (nSPS) is 21.0. The molecule has 3 aliphatic rings. The highest BCUT2D eigenvalue weighted by atomic mass is 19.1. The molecule has 2 heterocycles. The fraction of sp³-hybridized carbons (Fsp3) is 0.346. The summed E-state index contributed by atoms with van der Waals surface area (Å²) < 4.78 is 21.0. The number of amides is 1. The van der Waals surface area contributed by atoms with Crippen molar-refractivity contribution in [3.8, 4) is 17.1 Å². The van der Waals surface area contributed by atoms with Gasteiger partial charge in [0.25, 0.3) is 0 Å². The Bertz CT molecular complexity index is 1300. The van der Waals surface area contributed by atoms with Gasteiger partial charge in [-0.05, 0) is 59.6 Å². The molecular weight excluding hydrogens is 419 g/mol. The highest BCUT2D eigenvalue weighted by Gasteiger charge is 2.46. The smallest absolute Gasteiger partial charge is 0.318 e. The van der Waals surface area contributed by atoms with Crippen LogP contribution in [0.2, 0.25) is 0 Å². The summed E-state index contributed by atoms with van der Waals surface area (Å²) in [5.74, 6) is 1.58.